The van der Waals surface area contributed by atoms with Gasteiger partial charge in [-0.15, -0.1) is 11.8 Å². The Kier molecular flexibility index (Phi) is 3.31. The van der Waals surface area contributed by atoms with Gasteiger partial charge in [0.25, 0.3) is 0 Å². The van der Waals surface area contributed by atoms with E-state index in [0.29, 0.717) is 0 Å². The molecule has 3 rings (SSSR count). The lowest BCUT2D eigenvalue weighted by Gasteiger charge is -2.03. The maximum Gasteiger partial charge on any atom is 0.0465 e. The summed E-state index contributed by atoms with van der Waals surface area (Å²) >= 11 is 7.97. The highest BCUT2D eigenvalue weighted by Crippen LogP contribution is 2.31. The van der Waals surface area contributed by atoms with Crippen LogP contribution in [0.5, 0.6) is 0 Å². The number of hydrogen-bond acceptors (Lipinski definition) is 1. The average molecular weight is 274 g/mol. The molecule has 2 aromatic carbocycles. The van der Waals surface area contributed by atoms with E-state index in [-0.39, 0.29) is 0 Å². The fraction of sp³-hybridized carbons (Fsp3) is 0.0667. The van der Waals surface area contributed by atoms with Gasteiger partial charge in [-0.05, 0) is 17.7 Å². The molecule has 1 nitrogen and oxygen atoms in total. The number of aromatic amines is 1. The molecular formula is C15H12ClNS. The third-order valence-corrected chi connectivity index (χ3v) is 4.37. The predicted octanol–water partition coefficient (Wildman–Crippen LogP) is 5.11. The zero-order valence-corrected chi connectivity index (χ0v) is 11.3. The monoisotopic (exact) mass is 273 g/mol. The van der Waals surface area contributed by atoms with E-state index >= 15 is 0 Å². The molecule has 18 heavy (non-hydrogen) atoms. The van der Waals surface area contributed by atoms with Gasteiger partial charge >= 0.3 is 0 Å². The van der Waals surface area contributed by atoms with Crippen molar-refractivity contribution in [1.82, 2.24) is 4.98 Å². The second-order valence-electron chi connectivity index (χ2n) is 4.08. The fourth-order valence-corrected chi connectivity index (χ4v) is 3.26. The molecule has 0 saturated heterocycles. The number of H-pyrrole nitrogens is 1. The molecule has 0 aliphatic heterocycles. The number of fused-ring (bicyclic) bond motifs is 1. The maximum atomic E-state index is 6.16. The molecule has 0 fully saturated rings. The van der Waals surface area contributed by atoms with Crippen molar-refractivity contribution in [2.75, 3.05) is 0 Å². The van der Waals surface area contributed by atoms with Crippen molar-refractivity contribution in [2.24, 2.45) is 0 Å². The van der Waals surface area contributed by atoms with Crippen molar-refractivity contribution in [3.05, 3.63) is 65.3 Å². The zero-order valence-electron chi connectivity index (χ0n) is 9.69. The summed E-state index contributed by atoms with van der Waals surface area (Å²) in [6.45, 7) is 0. The molecule has 0 aliphatic carbocycles. The lowest BCUT2D eigenvalue weighted by molar-refractivity contribution is 1.38. The minimum absolute atomic E-state index is 0.838. The van der Waals surface area contributed by atoms with E-state index in [4.69, 9.17) is 11.6 Å². The van der Waals surface area contributed by atoms with Crippen molar-refractivity contribution >= 4 is 34.3 Å². The molecular weight excluding hydrogens is 262 g/mol. The molecule has 0 saturated carbocycles. The highest BCUT2D eigenvalue weighted by molar-refractivity contribution is 7.98. The summed E-state index contributed by atoms with van der Waals surface area (Å²) in [5, 5.41) is 2.11. The topological polar surface area (TPSA) is 15.8 Å². The third-order valence-electron chi connectivity index (χ3n) is 2.89. The molecule has 0 aliphatic rings. The zero-order chi connectivity index (χ0) is 12.4. The van der Waals surface area contributed by atoms with Crippen LogP contribution < -0.4 is 0 Å². The number of thioether (sulfide) groups is 1. The molecule has 0 atom stereocenters. The molecule has 3 heteroatoms. The van der Waals surface area contributed by atoms with Crippen LogP contribution in [-0.4, -0.2) is 4.98 Å². The van der Waals surface area contributed by atoms with Crippen LogP contribution in [0.25, 0.3) is 10.9 Å². The smallest absolute Gasteiger partial charge is 0.0465 e. The van der Waals surface area contributed by atoms with Gasteiger partial charge in [0, 0.05) is 32.8 Å². The minimum atomic E-state index is 0.838. The van der Waals surface area contributed by atoms with Crippen molar-refractivity contribution in [3.63, 3.8) is 0 Å². The Balaban J connectivity index is 1.83. The maximum absolute atomic E-state index is 6.16. The lowest BCUT2D eigenvalue weighted by Crippen LogP contribution is -1.81. The Hall–Kier alpha value is -1.38. The molecule has 0 radical (unpaired) electrons. The predicted molar refractivity (Wildman–Crippen MR) is 79.3 cm³/mol. The van der Waals surface area contributed by atoms with Gasteiger partial charge in [-0.1, -0.05) is 48.0 Å². The van der Waals surface area contributed by atoms with E-state index in [1.165, 1.54) is 21.4 Å². The highest BCUT2D eigenvalue weighted by Gasteiger charge is 2.05. The molecule has 0 bridgehead atoms. The van der Waals surface area contributed by atoms with Crippen molar-refractivity contribution in [3.8, 4) is 0 Å². The molecule has 3 aromatic rings. The van der Waals surface area contributed by atoms with Crippen LogP contribution in [0.15, 0.2) is 59.6 Å². The van der Waals surface area contributed by atoms with Gasteiger partial charge in [0.05, 0.1) is 0 Å². The summed E-state index contributed by atoms with van der Waals surface area (Å²) in [7, 11) is 0. The first-order valence-corrected chi connectivity index (χ1v) is 7.13. The summed E-state index contributed by atoms with van der Waals surface area (Å²) in [6.07, 6.45) is 2.06. The van der Waals surface area contributed by atoms with Gasteiger partial charge < -0.3 is 4.98 Å². The van der Waals surface area contributed by atoms with Gasteiger partial charge in [0.15, 0.2) is 0 Å². The molecule has 1 N–H and O–H groups in total. The van der Waals surface area contributed by atoms with E-state index < -0.39 is 0 Å². The van der Waals surface area contributed by atoms with Crippen LogP contribution in [0.1, 0.15) is 5.56 Å². The minimum Gasteiger partial charge on any atom is -0.360 e. The van der Waals surface area contributed by atoms with E-state index in [1.807, 2.05) is 36.0 Å². The fourth-order valence-electron chi connectivity index (χ4n) is 1.94. The number of para-hydroxylation sites is 1. The van der Waals surface area contributed by atoms with Crippen molar-refractivity contribution in [1.29, 1.82) is 0 Å². The Morgan fingerprint density at radius 1 is 1.00 bits per heavy atom. The first-order valence-electron chi connectivity index (χ1n) is 5.77. The molecule has 1 heterocycles. The van der Waals surface area contributed by atoms with Crippen LogP contribution in [0, 0.1) is 0 Å². The molecule has 1 aromatic heterocycles. The average Bonchev–Trinajstić information content (AvgIpc) is 2.81. The highest BCUT2D eigenvalue weighted by atomic mass is 35.5. The number of aromatic nitrogens is 1. The summed E-state index contributed by atoms with van der Waals surface area (Å²) in [5.41, 5.74) is 2.36. The van der Waals surface area contributed by atoms with Gasteiger partial charge in [0.2, 0.25) is 0 Å². The number of benzene rings is 2. The summed E-state index contributed by atoms with van der Waals surface area (Å²) in [5.74, 6) is 0.890. The SMILES string of the molecule is Clc1ccccc1CSc1c[nH]c2ccccc12. The Labute approximate surface area is 115 Å². The lowest BCUT2D eigenvalue weighted by atomic mass is 10.2. The second-order valence-corrected chi connectivity index (χ2v) is 5.50. The Bertz CT molecular complexity index is 675. The normalized spacial score (nSPS) is 10.9. The number of halogens is 1. The largest absolute Gasteiger partial charge is 0.360 e. The van der Waals surface area contributed by atoms with Crippen LogP contribution in [0.4, 0.5) is 0 Å². The van der Waals surface area contributed by atoms with E-state index in [1.54, 1.807) is 0 Å². The molecule has 0 amide bonds. The quantitative estimate of drug-likeness (QED) is 0.656. The number of nitrogens with one attached hydrogen (secondary N) is 1. The van der Waals surface area contributed by atoms with Gasteiger partial charge in [0.1, 0.15) is 0 Å². The van der Waals surface area contributed by atoms with Crippen LogP contribution >= 0.6 is 23.4 Å². The first kappa shape index (κ1) is 11.7. The van der Waals surface area contributed by atoms with E-state index in [0.717, 1.165) is 10.8 Å². The second kappa shape index (κ2) is 5.09. The van der Waals surface area contributed by atoms with Gasteiger partial charge in [-0.3, -0.25) is 0 Å². The number of rotatable bonds is 3. The summed E-state index contributed by atoms with van der Waals surface area (Å²) in [4.78, 5) is 4.55. The van der Waals surface area contributed by atoms with Gasteiger partial charge in [-0.25, -0.2) is 0 Å². The van der Waals surface area contributed by atoms with Crippen LogP contribution in [0.2, 0.25) is 5.02 Å². The third kappa shape index (κ3) is 2.26. The Morgan fingerprint density at radius 2 is 1.78 bits per heavy atom. The first-order chi connectivity index (χ1) is 8.84. The van der Waals surface area contributed by atoms with Crippen LogP contribution in [0.3, 0.4) is 0 Å². The molecule has 0 spiro atoms. The standard InChI is InChI=1S/C15H12ClNS/c16-13-7-3-1-5-11(13)10-18-15-9-17-14-8-4-2-6-12(14)15/h1-9,17H,10H2. The summed E-state index contributed by atoms with van der Waals surface area (Å²) < 4.78 is 0. The summed E-state index contributed by atoms with van der Waals surface area (Å²) in [6, 6.07) is 16.3. The van der Waals surface area contributed by atoms with E-state index in [2.05, 4.69) is 35.4 Å². The van der Waals surface area contributed by atoms with Crippen molar-refractivity contribution in [2.45, 2.75) is 10.6 Å². The number of hydrogen-bond donors (Lipinski definition) is 1. The van der Waals surface area contributed by atoms with Crippen LogP contribution in [-0.2, 0) is 5.75 Å². The van der Waals surface area contributed by atoms with Crippen molar-refractivity contribution < 1.29 is 0 Å². The Morgan fingerprint density at radius 3 is 2.67 bits per heavy atom. The van der Waals surface area contributed by atoms with Gasteiger partial charge in [-0.2, -0.15) is 0 Å². The molecule has 90 valence electrons. The van der Waals surface area contributed by atoms with E-state index in [9.17, 15) is 0 Å². The molecule has 0 unspecified atom stereocenters.